The third kappa shape index (κ3) is 2.03. The monoisotopic (exact) mass is 180 g/mol. The molecule has 13 heavy (non-hydrogen) atoms. The van der Waals surface area contributed by atoms with Crippen LogP contribution in [0.3, 0.4) is 0 Å². The molecular formula is C8H8N2O3. The molecule has 68 valence electrons. The fraction of sp³-hybridized carbons (Fsp3) is 0. The van der Waals surface area contributed by atoms with Crippen molar-refractivity contribution >= 4 is 11.8 Å². The molecular weight excluding hydrogens is 172 g/mol. The Balaban J connectivity index is 2.93. The number of carbonyl (C=O) groups excluding carboxylic acids is 2. The molecule has 0 radical (unpaired) electrons. The molecule has 0 atom stereocenters. The number of hydrogen-bond acceptors (Lipinski definition) is 3. The predicted octanol–water partition coefficient (Wildman–Crippen LogP) is -0.0955. The second-order valence-electron chi connectivity index (χ2n) is 2.38. The van der Waals surface area contributed by atoms with Crippen LogP contribution in [0.15, 0.2) is 24.3 Å². The summed E-state index contributed by atoms with van der Waals surface area (Å²) in [7, 11) is 0. The lowest BCUT2D eigenvalue weighted by Crippen LogP contribution is -2.19. The molecule has 0 unspecified atom stereocenters. The summed E-state index contributed by atoms with van der Waals surface area (Å²) in [6.45, 7) is 0. The van der Waals surface area contributed by atoms with Crippen LogP contribution in [0.5, 0.6) is 0 Å². The predicted molar refractivity (Wildman–Crippen MR) is 44.2 cm³/mol. The number of hydrogen-bond donors (Lipinski definition) is 3. The number of nitrogens with two attached hydrogens (primary N) is 1. The highest BCUT2D eigenvalue weighted by molar-refractivity contribution is 5.96. The Hall–Kier alpha value is -1.88. The lowest BCUT2D eigenvalue weighted by molar-refractivity contribution is 0.0706. The van der Waals surface area contributed by atoms with Gasteiger partial charge in [-0.3, -0.25) is 14.8 Å². The van der Waals surface area contributed by atoms with Crippen molar-refractivity contribution in [1.82, 2.24) is 5.48 Å². The maximum absolute atomic E-state index is 10.8. The lowest BCUT2D eigenvalue weighted by atomic mass is 10.1. The van der Waals surface area contributed by atoms with E-state index >= 15 is 0 Å². The first-order valence-corrected chi connectivity index (χ1v) is 3.49. The van der Waals surface area contributed by atoms with Gasteiger partial charge in [-0.15, -0.1) is 0 Å². The standard InChI is InChI=1S/C8H8N2O3/c9-7(11)5-1-3-6(4-2-5)8(12)10-13/h1-4,13H,(H2,9,11)(H,10,12). The number of hydroxylamine groups is 1. The smallest absolute Gasteiger partial charge is 0.274 e. The van der Waals surface area contributed by atoms with Gasteiger partial charge >= 0.3 is 0 Å². The van der Waals surface area contributed by atoms with Gasteiger partial charge in [0.15, 0.2) is 0 Å². The highest BCUT2D eigenvalue weighted by atomic mass is 16.5. The lowest BCUT2D eigenvalue weighted by Gasteiger charge is -1.98. The summed E-state index contributed by atoms with van der Waals surface area (Å²) in [6, 6.07) is 5.61. The van der Waals surface area contributed by atoms with Crippen LogP contribution in [0.4, 0.5) is 0 Å². The first kappa shape index (κ1) is 9.21. The highest BCUT2D eigenvalue weighted by Crippen LogP contribution is 2.03. The molecule has 0 bridgehead atoms. The van der Waals surface area contributed by atoms with Crippen molar-refractivity contribution in [2.24, 2.45) is 5.73 Å². The van der Waals surface area contributed by atoms with Crippen LogP contribution < -0.4 is 11.2 Å². The number of amides is 2. The zero-order chi connectivity index (χ0) is 9.84. The fourth-order valence-corrected chi connectivity index (χ4v) is 0.850. The summed E-state index contributed by atoms with van der Waals surface area (Å²) in [5.41, 5.74) is 7.03. The molecule has 4 N–H and O–H groups in total. The van der Waals surface area contributed by atoms with Gasteiger partial charge < -0.3 is 5.73 Å². The first-order chi connectivity index (χ1) is 6.15. The van der Waals surface area contributed by atoms with Crippen LogP contribution in [0.1, 0.15) is 20.7 Å². The van der Waals surface area contributed by atoms with E-state index in [9.17, 15) is 9.59 Å². The van der Waals surface area contributed by atoms with E-state index in [0.717, 1.165) is 0 Å². The summed E-state index contributed by atoms with van der Waals surface area (Å²) in [4.78, 5) is 21.4. The molecule has 0 spiro atoms. The van der Waals surface area contributed by atoms with Gasteiger partial charge in [0.05, 0.1) is 0 Å². The van der Waals surface area contributed by atoms with Crippen LogP contribution in [-0.4, -0.2) is 17.0 Å². The summed E-state index contributed by atoms with van der Waals surface area (Å²) in [5.74, 6) is -1.19. The van der Waals surface area contributed by atoms with Gasteiger partial charge in [-0.2, -0.15) is 0 Å². The van der Waals surface area contributed by atoms with Crippen molar-refractivity contribution in [3.8, 4) is 0 Å². The molecule has 0 saturated carbocycles. The van der Waals surface area contributed by atoms with Gasteiger partial charge in [0.2, 0.25) is 5.91 Å². The number of primary amides is 1. The van der Waals surface area contributed by atoms with Gasteiger partial charge in [0.25, 0.3) is 5.91 Å². The van der Waals surface area contributed by atoms with Gasteiger partial charge in [-0.25, -0.2) is 5.48 Å². The summed E-state index contributed by atoms with van der Waals surface area (Å²) < 4.78 is 0. The largest absolute Gasteiger partial charge is 0.366 e. The van der Waals surface area contributed by atoms with Crippen LogP contribution in [0, 0.1) is 0 Å². The zero-order valence-corrected chi connectivity index (χ0v) is 6.65. The Labute approximate surface area is 74.1 Å². The van der Waals surface area contributed by atoms with E-state index in [1.165, 1.54) is 29.7 Å². The van der Waals surface area contributed by atoms with Gasteiger partial charge in [0.1, 0.15) is 0 Å². The van der Waals surface area contributed by atoms with E-state index in [0.29, 0.717) is 5.56 Å². The Kier molecular flexibility index (Phi) is 2.61. The molecule has 0 aromatic heterocycles. The highest BCUT2D eigenvalue weighted by Gasteiger charge is 2.04. The third-order valence-electron chi connectivity index (χ3n) is 1.53. The normalized spacial score (nSPS) is 9.31. The number of benzene rings is 1. The second-order valence-corrected chi connectivity index (χ2v) is 2.38. The van der Waals surface area contributed by atoms with E-state index in [2.05, 4.69) is 0 Å². The average molecular weight is 180 g/mol. The van der Waals surface area contributed by atoms with Gasteiger partial charge in [-0.1, -0.05) is 0 Å². The number of nitrogens with one attached hydrogen (secondary N) is 1. The molecule has 5 nitrogen and oxygen atoms in total. The molecule has 0 fully saturated rings. The Morgan fingerprint density at radius 2 is 1.62 bits per heavy atom. The maximum atomic E-state index is 10.8. The summed E-state index contributed by atoms with van der Waals surface area (Å²) in [5, 5.41) is 8.28. The Morgan fingerprint density at radius 1 is 1.15 bits per heavy atom. The molecule has 5 heteroatoms. The van der Waals surface area contributed by atoms with Crippen molar-refractivity contribution < 1.29 is 14.8 Å². The molecule has 0 saturated heterocycles. The topological polar surface area (TPSA) is 92.4 Å². The summed E-state index contributed by atoms with van der Waals surface area (Å²) in [6.07, 6.45) is 0. The molecule has 1 aromatic rings. The number of carbonyl (C=O) groups is 2. The molecule has 1 aromatic carbocycles. The first-order valence-electron chi connectivity index (χ1n) is 3.49. The quantitative estimate of drug-likeness (QED) is 0.438. The minimum Gasteiger partial charge on any atom is -0.366 e. The molecule has 0 aliphatic carbocycles. The average Bonchev–Trinajstić information content (AvgIpc) is 2.17. The molecule has 2 amide bonds. The molecule has 0 aliphatic rings. The van der Waals surface area contributed by atoms with Crippen molar-refractivity contribution in [2.75, 3.05) is 0 Å². The minimum atomic E-state index is -0.629. The minimum absolute atomic E-state index is 0.257. The summed E-state index contributed by atoms with van der Waals surface area (Å²) >= 11 is 0. The van der Waals surface area contributed by atoms with E-state index in [1.807, 2.05) is 0 Å². The van der Waals surface area contributed by atoms with Crippen molar-refractivity contribution in [3.63, 3.8) is 0 Å². The SMILES string of the molecule is NC(=O)c1ccc(C(=O)NO)cc1. The van der Waals surface area contributed by atoms with Crippen molar-refractivity contribution in [2.45, 2.75) is 0 Å². The van der Waals surface area contributed by atoms with Crippen molar-refractivity contribution in [1.29, 1.82) is 0 Å². The zero-order valence-electron chi connectivity index (χ0n) is 6.65. The van der Waals surface area contributed by atoms with E-state index in [4.69, 9.17) is 10.9 Å². The van der Waals surface area contributed by atoms with E-state index < -0.39 is 11.8 Å². The molecule has 1 rings (SSSR count). The molecule has 0 aliphatic heterocycles. The third-order valence-corrected chi connectivity index (χ3v) is 1.53. The van der Waals surface area contributed by atoms with Crippen molar-refractivity contribution in [3.05, 3.63) is 35.4 Å². The van der Waals surface area contributed by atoms with Gasteiger partial charge in [0, 0.05) is 11.1 Å². The van der Waals surface area contributed by atoms with E-state index in [1.54, 1.807) is 0 Å². The van der Waals surface area contributed by atoms with Crippen LogP contribution in [-0.2, 0) is 0 Å². The van der Waals surface area contributed by atoms with Gasteiger partial charge in [-0.05, 0) is 24.3 Å². The fourth-order valence-electron chi connectivity index (χ4n) is 0.850. The number of rotatable bonds is 2. The van der Waals surface area contributed by atoms with Crippen LogP contribution in [0.25, 0.3) is 0 Å². The maximum Gasteiger partial charge on any atom is 0.274 e. The Morgan fingerprint density at radius 3 is 2.00 bits per heavy atom. The Bertz CT molecular complexity index is 332. The second kappa shape index (κ2) is 3.68. The van der Waals surface area contributed by atoms with Crippen LogP contribution in [0.2, 0.25) is 0 Å². The van der Waals surface area contributed by atoms with E-state index in [-0.39, 0.29) is 5.56 Å². The molecule has 0 heterocycles. The van der Waals surface area contributed by atoms with Crippen LogP contribution >= 0.6 is 0 Å².